The smallest absolute Gasteiger partial charge is 0.235 e. The third-order valence-corrected chi connectivity index (χ3v) is 5.46. The summed E-state index contributed by atoms with van der Waals surface area (Å²) in [5.41, 5.74) is -0.345. The van der Waals surface area contributed by atoms with Gasteiger partial charge in [0.15, 0.2) is 0 Å². The highest BCUT2D eigenvalue weighted by atomic mass is 79.9. The van der Waals surface area contributed by atoms with Gasteiger partial charge < -0.3 is 0 Å². The van der Waals surface area contributed by atoms with Gasteiger partial charge in [-0.15, -0.1) is 0 Å². The lowest BCUT2D eigenvalue weighted by Gasteiger charge is -2.14. The van der Waals surface area contributed by atoms with Crippen molar-refractivity contribution in [3.8, 4) is 0 Å². The summed E-state index contributed by atoms with van der Waals surface area (Å²) in [5.74, 6) is -1.51. The molecule has 0 unspecified atom stereocenters. The van der Waals surface area contributed by atoms with Gasteiger partial charge in [0.25, 0.3) is 0 Å². The molecule has 2 rings (SSSR count). The van der Waals surface area contributed by atoms with Crippen molar-refractivity contribution < 1.29 is 17.2 Å². The Morgan fingerprint density at radius 1 is 1.17 bits per heavy atom. The maximum Gasteiger partial charge on any atom is 0.235 e. The number of halogens is 3. The topological polar surface area (TPSA) is 46.2 Å². The summed E-state index contributed by atoms with van der Waals surface area (Å²) < 4.78 is 52.8. The largest absolute Gasteiger partial charge is 0.280 e. The number of hydrogen-bond acceptors (Lipinski definition) is 2. The van der Waals surface area contributed by atoms with Gasteiger partial charge in [-0.3, -0.25) is 4.72 Å². The Morgan fingerprint density at radius 2 is 1.78 bits per heavy atom. The molecule has 0 saturated heterocycles. The van der Waals surface area contributed by atoms with Gasteiger partial charge in [-0.1, -0.05) is 12.8 Å². The van der Waals surface area contributed by atoms with Crippen LogP contribution in [-0.4, -0.2) is 13.7 Å². The summed E-state index contributed by atoms with van der Waals surface area (Å²) in [6.45, 7) is 0. The number of anilines is 1. The van der Waals surface area contributed by atoms with Crippen LogP contribution in [0.25, 0.3) is 0 Å². The van der Waals surface area contributed by atoms with Crippen molar-refractivity contribution in [3.05, 3.63) is 28.2 Å². The van der Waals surface area contributed by atoms with Crippen molar-refractivity contribution in [1.29, 1.82) is 0 Å². The van der Waals surface area contributed by atoms with Gasteiger partial charge in [-0.25, -0.2) is 17.2 Å². The van der Waals surface area contributed by atoms with E-state index in [-0.39, 0.29) is 10.2 Å². The molecule has 0 amide bonds. The standard InChI is InChI=1S/C11H12BrF2NO2S/c12-8-5-10(14)11(6-9(8)13)15-18(16,17)7-3-1-2-4-7/h5-7,15H,1-4H2. The van der Waals surface area contributed by atoms with Gasteiger partial charge in [-0.2, -0.15) is 0 Å². The molecule has 1 aliphatic rings. The zero-order chi connectivity index (χ0) is 13.3. The molecule has 0 bridgehead atoms. The van der Waals surface area contributed by atoms with Crippen LogP contribution in [0.5, 0.6) is 0 Å². The van der Waals surface area contributed by atoms with Crippen LogP contribution in [0.2, 0.25) is 0 Å². The number of hydrogen-bond donors (Lipinski definition) is 1. The Balaban J connectivity index is 2.26. The fourth-order valence-corrected chi connectivity index (χ4v) is 3.94. The van der Waals surface area contributed by atoms with Crippen LogP contribution >= 0.6 is 15.9 Å². The molecule has 0 heterocycles. The van der Waals surface area contributed by atoms with E-state index in [0.29, 0.717) is 12.8 Å². The zero-order valence-electron chi connectivity index (χ0n) is 9.42. The molecular formula is C11H12BrF2NO2S. The van der Waals surface area contributed by atoms with Gasteiger partial charge >= 0.3 is 0 Å². The maximum absolute atomic E-state index is 13.5. The second kappa shape index (κ2) is 5.13. The summed E-state index contributed by atoms with van der Waals surface area (Å²) >= 11 is 2.83. The first-order valence-electron chi connectivity index (χ1n) is 5.56. The van der Waals surface area contributed by atoms with Crippen LogP contribution in [-0.2, 0) is 10.0 Å². The third kappa shape index (κ3) is 2.83. The van der Waals surface area contributed by atoms with Crippen LogP contribution in [0.1, 0.15) is 25.7 Å². The van der Waals surface area contributed by atoms with E-state index in [1.54, 1.807) is 0 Å². The molecule has 1 aromatic rings. The van der Waals surface area contributed by atoms with E-state index in [0.717, 1.165) is 25.0 Å². The lowest BCUT2D eigenvalue weighted by molar-refractivity contribution is 0.581. The van der Waals surface area contributed by atoms with Crippen molar-refractivity contribution in [2.24, 2.45) is 0 Å². The second-order valence-electron chi connectivity index (χ2n) is 4.30. The number of rotatable bonds is 3. The van der Waals surface area contributed by atoms with E-state index in [1.165, 1.54) is 0 Å². The first-order chi connectivity index (χ1) is 8.40. The third-order valence-electron chi connectivity index (χ3n) is 3.00. The van der Waals surface area contributed by atoms with Gasteiger partial charge in [0.2, 0.25) is 10.0 Å². The minimum absolute atomic E-state index is 0.0381. The highest BCUT2D eigenvalue weighted by molar-refractivity contribution is 9.10. The normalized spacial score (nSPS) is 17.1. The predicted molar refractivity (Wildman–Crippen MR) is 68.9 cm³/mol. The van der Waals surface area contributed by atoms with Crippen LogP contribution in [0.15, 0.2) is 16.6 Å². The number of sulfonamides is 1. The Morgan fingerprint density at radius 3 is 2.39 bits per heavy atom. The molecule has 0 aliphatic heterocycles. The van der Waals surface area contributed by atoms with Crippen LogP contribution < -0.4 is 4.72 Å². The fourth-order valence-electron chi connectivity index (χ4n) is 2.04. The van der Waals surface area contributed by atoms with Crippen molar-refractivity contribution in [2.45, 2.75) is 30.9 Å². The van der Waals surface area contributed by atoms with Crippen molar-refractivity contribution >= 4 is 31.6 Å². The minimum atomic E-state index is -3.64. The highest BCUT2D eigenvalue weighted by Gasteiger charge is 2.29. The Hall–Kier alpha value is -0.690. The molecule has 18 heavy (non-hydrogen) atoms. The van der Waals surface area contributed by atoms with Crippen LogP contribution in [0.4, 0.5) is 14.5 Å². The van der Waals surface area contributed by atoms with Gasteiger partial charge in [0, 0.05) is 6.07 Å². The van der Waals surface area contributed by atoms with Gasteiger partial charge in [0.1, 0.15) is 11.6 Å². The SMILES string of the molecule is O=S(=O)(Nc1cc(F)c(Br)cc1F)C1CCCC1. The summed E-state index contributed by atoms with van der Waals surface area (Å²) in [4.78, 5) is 0. The molecule has 0 aromatic heterocycles. The molecule has 0 atom stereocenters. The Bertz CT molecular complexity index is 556. The molecule has 1 fully saturated rings. The first-order valence-corrected chi connectivity index (χ1v) is 7.90. The van der Waals surface area contributed by atoms with E-state index < -0.39 is 26.9 Å². The highest BCUT2D eigenvalue weighted by Crippen LogP contribution is 2.28. The van der Waals surface area contributed by atoms with Crippen molar-refractivity contribution in [2.75, 3.05) is 4.72 Å². The fraction of sp³-hybridized carbons (Fsp3) is 0.455. The molecule has 1 saturated carbocycles. The van der Waals surface area contributed by atoms with E-state index in [4.69, 9.17) is 0 Å². The monoisotopic (exact) mass is 339 g/mol. The molecule has 0 radical (unpaired) electrons. The molecule has 0 spiro atoms. The molecule has 7 heteroatoms. The molecule has 1 aromatic carbocycles. The molecule has 1 aliphatic carbocycles. The van der Waals surface area contributed by atoms with E-state index in [2.05, 4.69) is 20.7 Å². The maximum atomic E-state index is 13.5. The van der Waals surface area contributed by atoms with Crippen molar-refractivity contribution in [3.63, 3.8) is 0 Å². The van der Waals surface area contributed by atoms with Crippen LogP contribution in [0.3, 0.4) is 0 Å². The Kier molecular flexibility index (Phi) is 3.91. The molecule has 100 valence electrons. The molecule has 3 nitrogen and oxygen atoms in total. The second-order valence-corrected chi connectivity index (χ2v) is 7.11. The van der Waals surface area contributed by atoms with Crippen LogP contribution in [0, 0.1) is 11.6 Å². The number of nitrogens with one attached hydrogen (secondary N) is 1. The minimum Gasteiger partial charge on any atom is -0.280 e. The summed E-state index contributed by atoms with van der Waals surface area (Å²) in [6.07, 6.45) is 2.83. The predicted octanol–water partition coefficient (Wildman–Crippen LogP) is 3.41. The summed E-state index contributed by atoms with van der Waals surface area (Å²) in [5, 5.41) is -0.511. The lowest BCUT2D eigenvalue weighted by Crippen LogP contribution is -2.25. The van der Waals surface area contributed by atoms with Gasteiger partial charge in [0.05, 0.1) is 15.4 Å². The first kappa shape index (κ1) is 13.7. The van der Waals surface area contributed by atoms with E-state index in [1.807, 2.05) is 0 Å². The van der Waals surface area contributed by atoms with E-state index >= 15 is 0 Å². The molecular weight excluding hydrogens is 328 g/mol. The van der Waals surface area contributed by atoms with Crippen molar-refractivity contribution in [1.82, 2.24) is 0 Å². The molecule has 1 N–H and O–H groups in total. The van der Waals surface area contributed by atoms with Gasteiger partial charge in [-0.05, 0) is 34.8 Å². The average molecular weight is 340 g/mol. The Labute approximate surface area is 113 Å². The zero-order valence-corrected chi connectivity index (χ0v) is 11.8. The quantitative estimate of drug-likeness (QED) is 0.857. The number of benzene rings is 1. The summed E-state index contributed by atoms with van der Waals surface area (Å²) in [7, 11) is -3.64. The van der Waals surface area contributed by atoms with E-state index in [9.17, 15) is 17.2 Å². The summed E-state index contributed by atoms with van der Waals surface area (Å²) in [6, 6.07) is 1.74. The lowest BCUT2D eigenvalue weighted by atomic mass is 10.3. The average Bonchev–Trinajstić information content (AvgIpc) is 2.79.